The molecule has 0 bridgehead atoms. The zero-order valence-electron chi connectivity index (χ0n) is 13.3. The number of hydrogen-bond acceptors (Lipinski definition) is 4. The SMILES string of the molecule is CNC(=O)CSc1cnc(-c2ccccc2)c(-c2ccccc2)n1. The topological polar surface area (TPSA) is 54.9 Å². The zero-order chi connectivity index (χ0) is 16.8. The predicted octanol–water partition coefficient (Wildman–Crippen LogP) is 3.65. The van der Waals surface area contributed by atoms with Crippen molar-refractivity contribution in [1.29, 1.82) is 0 Å². The van der Waals surface area contributed by atoms with E-state index in [-0.39, 0.29) is 5.91 Å². The van der Waals surface area contributed by atoms with E-state index >= 15 is 0 Å². The molecule has 0 aliphatic heterocycles. The minimum atomic E-state index is -0.0322. The minimum absolute atomic E-state index is 0.0322. The van der Waals surface area contributed by atoms with E-state index in [2.05, 4.69) is 10.3 Å². The fraction of sp³-hybridized carbons (Fsp3) is 0.105. The second-order valence-electron chi connectivity index (χ2n) is 5.10. The number of aromatic nitrogens is 2. The van der Waals surface area contributed by atoms with Crippen LogP contribution in [0.4, 0.5) is 0 Å². The van der Waals surface area contributed by atoms with E-state index < -0.39 is 0 Å². The van der Waals surface area contributed by atoms with E-state index in [1.54, 1.807) is 13.2 Å². The molecule has 0 saturated heterocycles. The Hall–Kier alpha value is -2.66. The van der Waals surface area contributed by atoms with Crippen molar-refractivity contribution in [2.45, 2.75) is 5.03 Å². The smallest absolute Gasteiger partial charge is 0.230 e. The molecule has 3 rings (SSSR count). The van der Waals surface area contributed by atoms with E-state index in [0.29, 0.717) is 5.75 Å². The molecule has 0 radical (unpaired) electrons. The maximum absolute atomic E-state index is 11.4. The number of hydrogen-bond donors (Lipinski definition) is 1. The lowest BCUT2D eigenvalue weighted by Crippen LogP contribution is -2.19. The first-order valence-corrected chi connectivity index (χ1v) is 8.58. The molecule has 4 nitrogen and oxygen atoms in total. The van der Waals surface area contributed by atoms with Crippen LogP contribution in [0.1, 0.15) is 0 Å². The van der Waals surface area contributed by atoms with E-state index in [9.17, 15) is 4.79 Å². The summed E-state index contributed by atoms with van der Waals surface area (Å²) in [6.07, 6.45) is 1.72. The summed E-state index contributed by atoms with van der Waals surface area (Å²) in [5, 5.41) is 3.34. The summed E-state index contributed by atoms with van der Waals surface area (Å²) in [7, 11) is 1.63. The van der Waals surface area contributed by atoms with Crippen molar-refractivity contribution in [3.63, 3.8) is 0 Å². The van der Waals surface area contributed by atoms with E-state index in [1.807, 2.05) is 60.7 Å². The molecule has 0 aliphatic carbocycles. The zero-order valence-corrected chi connectivity index (χ0v) is 14.1. The number of nitrogens with zero attached hydrogens (tertiary/aromatic N) is 2. The average molecular weight is 335 g/mol. The standard InChI is InChI=1S/C19H17N3OS/c1-20-16(23)13-24-17-12-21-18(14-8-4-2-5-9-14)19(22-17)15-10-6-3-7-11-15/h2-12H,13H2,1H3,(H,20,23). The molecule has 0 aliphatic rings. The molecule has 3 aromatic rings. The van der Waals surface area contributed by atoms with Gasteiger partial charge in [-0.1, -0.05) is 72.4 Å². The lowest BCUT2D eigenvalue weighted by Gasteiger charge is -2.10. The third-order valence-corrected chi connectivity index (χ3v) is 4.37. The van der Waals surface area contributed by atoms with Gasteiger partial charge in [-0.3, -0.25) is 9.78 Å². The maximum atomic E-state index is 11.4. The molecule has 5 heteroatoms. The van der Waals surface area contributed by atoms with E-state index in [1.165, 1.54) is 11.8 Å². The molecule has 1 aromatic heterocycles. The van der Waals surface area contributed by atoms with Crippen LogP contribution in [-0.4, -0.2) is 28.7 Å². The minimum Gasteiger partial charge on any atom is -0.358 e. The molecule has 1 heterocycles. The fourth-order valence-corrected chi connectivity index (χ4v) is 2.97. The van der Waals surface area contributed by atoms with Gasteiger partial charge in [-0.2, -0.15) is 0 Å². The van der Waals surface area contributed by atoms with Crippen LogP contribution in [0.15, 0.2) is 71.9 Å². The highest BCUT2D eigenvalue weighted by atomic mass is 32.2. The molecular formula is C19H17N3OS. The fourth-order valence-electron chi connectivity index (χ4n) is 2.26. The first-order chi connectivity index (χ1) is 11.8. The summed E-state index contributed by atoms with van der Waals surface area (Å²) in [4.78, 5) is 20.8. The Morgan fingerprint density at radius 2 is 1.54 bits per heavy atom. The van der Waals surface area contributed by atoms with Crippen LogP contribution in [0.25, 0.3) is 22.5 Å². The van der Waals surface area contributed by atoms with Crippen molar-refractivity contribution in [3.05, 3.63) is 66.9 Å². The summed E-state index contributed by atoms with van der Waals surface area (Å²) in [6.45, 7) is 0. The van der Waals surface area contributed by atoms with Crippen molar-refractivity contribution in [2.75, 3.05) is 12.8 Å². The first-order valence-electron chi connectivity index (χ1n) is 7.59. The predicted molar refractivity (Wildman–Crippen MR) is 97.7 cm³/mol. The number of nitrogens with one attached hydrogen (secondary N) is 1. The van der Waals surface area contributed by atoms with Gasteiger partial charge in [-0.15, -0.1) is 0 Å². The lowest BCUT2D eigenvalue weighted by atomic mass is 10.0. The first kappa shape index (κ1) is 16.2. The number of benzene rings is 2. The number of carbonyl (C=O) groups excluding carboxylic acids is 1. The van der Waals surface area contributed by atoms with Gasteiger partial charge in [-0.25, -0.2) is 4.98 Å². The Morgan fingerprint density at radius 1 is 0.958 bits per heavy atom. The van der Waals surface area contributed by atoms with Gasteiger partial charge in [-0.05, 0) is 0 Å². The lowest BCUT2D eigenvalue weighted by molar-refractivity contribution is -0.118. The summed E-state index contributed by atoms with van der Waals surface area (Å²) in [5.74, 6) is 0.291. The Labute approximate surface area is 145 Å². The number of thioether (sulfide) groups is 1. The molecule has 2 aromatic carbocycles. The van der Waals surface area contributed by atoms with E-state index in [0.717, 1.165) is 27.5 Å². The van der Waals surface area contributed by atoms with Crippen molar-refractivity contribution in [2.24, 2.45) is 0 Å². The van der Waals surface area contributed by atoms with Crippen LogP contribution in [0, 0.1) is 0 Å². The second kappa shape index (κ2) is 7.75. The van der Waals surface area contributed by atoms with Gasteiger partial charge in [0, 0.05) is 18.2 Å². The maximum Gasteiger partial charge on any atom is 0.230 e. The molecule has 0 unspecified atom stereocenters. The highest BCUT2D eigenvalue weighted by Gasteiger charge is 2.12. The van der Waals surface area contributed by atoms with Crippen LogP contribution in [0.5, 0.6) is 0 Å². The monoisotopic (exact) mass is 335 g/mol. The highest BCUT2D eigenvalue weighted by molar-refractivity contribution is 7.99. The summed E-state index contributed by atoms with van der Waals surface area (Å²) in [5.41, 5.74) is 3.69. The molecule has 120 valence electrons. The van der Waals surface area contributed by atoms with Crippen LogP contribution < -0.4 is 5.32 Å². The molecule has 24 heavy (non-hydrogen) atoms. The highest BCUT2D eigenvalue weighted by Crippen LogP contribution is 2.30. The Kier molecular flexibility index (Phi) is 5.23. The number of carbonyl (C=O) groups is 1. The molecule has 1 N–H and O–H groups in total. The Balaban J connectivity index is 2.02. The Morgan fingerprint density at radius 3 is 2.12 bits per heavy atom. The van der Waals surface area contributed by atoms with Crippen LogP contribution in [0.3, 0.4) is 0 Å². The van der Waals surface area contributed by atoms with Crippen molar-refractivity contribution in [3.8, 4) is 22.5 Å². The van der Waals surface area contributed by atoms with Crippen molar-refractivity contribution < 1.29 is 4.79 Å². The van der Waals surface area contributed by atoms with Crippen LogP contribution >= 0.6 is 11.8 Å². The Bertz CT molecular complexity index is 823. The van der Waals surface area contributed by atoms with Gasteiger partial charge in [0.15, 0.2) is 0 Å². The van der Waals surface area contributed by atoms with Gasteiger partial charge >= 0.3 is 0 Å². The molecule has 0 saturated carbocycles. The van der Waals surface area contributed by atoms with E-state index in [4.69, 9.17) is 4.98 Å². The van der Waals surface area contributed by atoms with Gasteiger partial charge in [0.1, 0.15) is 5.03 Å². The molecule has 0 atom stereocenters. The molecule has 0 spiro atoms. The number of amides is 1. The molecular weight excluding hydrogens is 318 g/mol. The third-order valence-electron chi connectivity index (χ3n) is 3.47. The molecule has 0 fully saturated rings. The normalized spacial score (nSPS) is 10.4. The summed E-state index contributed by atoms with van der Waals surface area (Å²) < 4.78 is 0. The van der Waals surface area contributed by atoms with Gasteiger partial charge in [0.25, 0.3) is 0 Å². The average Bonchev–Trinajstić information content (AvgIpc) is 2.67. The summed E-state index contributed by atoms with van der Waals surface area (Å²) in [6, 6.07) is 20.0. The van der Waals surface area contributed by atoms with Gasteiger partial charge in [0.2, 0.25) is 5.91 Å². The van der Waals surface area contributed by atoms with Crippen LogP contribution in [-0.2, 0) is 4.79 Å². The van der Waals surface area contributed by atoms with Gasteiger partial charge in [0.05, 0.1) is 23.3 Å². The van der Waals surface area contributed by atoms with Crippen LogP contribution in [0.2, 0.25) is 0 Å². The van der Waals surface area contributed by atoms with Crippen molar-refractivity contribution in [1.82, 2.24) is 15.3 Å². The third kappa shape index (κ3) is 3.81. The second-order valence-corrected chi connectivity index (χ2v) is 6.09. The van der Waals surface area contributed by atoms with Crippen molar-refractivity contribution >= 4 is 17.7 Å². The quantitative estimate of drug-likeness (QED) is 0.723. The molecule has 1 amide bonds. The summed E-state index contributed by atoms with van der Waals surface area (Å²) >= 11 is 1.38. The van der Waals surface area contributed by atoms with Gasteiger partial charge < -0.3 is 5.32 Å². The number of rotatable bonds is 5. The largest absolute Gasteiger partial charge is 0.358 e.